The highest BCUT2D eigenvalue weighted by Crippen LogP contribution is 2.38. The normalized spacial score (nSPS) is 17.8. The third-order valence-electron chi connectivity index (χ3n) is 7.94. The molecule has 1 atom stereocenters. The predicted octanol–water partition coefficient (Wildman–Crippen LogP) is 7.16. The van der Waals surface area contributed by atoms with Gasteiger partial charge in [0.1, 0.15) is 0 Å². The fraction of sp³-hybridized carbons (Fsp3) is 0.419. The number of aryl methyl sites for hydroxylation is 1. The lowest BCUT2D eigenvalue weighted by atomic mass is 9.82. The second-order valence-corrected chi connectivity index (χ2v) is 10.7. The Bertz CT molecular complexity index is 1290. The Morgan fingerprint density at radius 3 is 2.61 bits per heavy atom. The van der Waals surface area contributed by atoms with Crippen molar-refractivity contribution in [3.05, 3.63) is 88.5 Å². The molecule has 36 heavy (non-hydrogen) atoms. The molecule has 1 aliphatic carbocycles. The first-order chi connectivity index (χ1) is 17.4. The predicted molar refractivity (Wildman–Crippen MR) is 151 cm³/mol. The first-order valence-corrected chi connectivity index (χ1v) is 13.7. The van der Waals surface area contributed by atoms with Crippen molar-refractivity contribution in [2.45, 2.75) is 58.3 Å². The molecule has 5 rings (SSSR count). The van der Waals surface area contributed by atoms with Crippen molar-refractivity contribution < 1.29 is 0 Å². The molecular weight excluding hydrogens is 464 g/mol. The second kappa shape index (κ2) is 10.6. The van der Waals surface area contributed by atoms with Crippen molar-refractivity contribution in [3.63, 3.8) is 0 Å². The summed E-state index contributed by atoms with van der Waals surface area (Å²) >= 11 is 6.94. The first kappa shape index (κ1) is 24.8. The SMILES string of the molecule is C=C(CCCC)N1CCN(C(=C)c2ccc3c(Cl)c4c(nc3c2)CC(c2ccnc(C)c2)CC4)CC1. The summed E-state index contributed by atoms with van der Waals surface area (Å²) in [7, 11) is 0. The number of nitrogens with zero attached hydrogens (tertiary/aromatic N) is 4. The molecule has 2 aliphatic rings. The molecule has 1 fully saturated rings. The minimum Gasteiger partial charge on any atom is -0.372 e. The van der Waals surface area contributed by atoms with E-state index in [9.17, 15) is 0 Å². The van der Waals surface area contributed by atoms with Crippen LogP contribution in [-0.4, -0.2) is 45.9 Å². The van der Waals surface area contributed by atoms with Crippen molar-refractivity contribution in [2.24, 2.45) is 0 Å². The number of allylic oxidation sites excluding steroid dienone is 1. The highest BCUT2D eigenvalue weighted by atomic mass is 35.5. The molecule has 4 nitrogen and oxygen atoms in total. The number of hydrogen-bond donors (Lipinski definition) is 0. The molecule has 0 saturated carbocycles. The van der Waals surface area contributed by atoms with Crippen LogP contribution in [-0.2, 0) is 12.8 Å². The van der Waals surface area contributed by atoms with Gasteiger partial charge in [0.25, 0.3) is 0 Å². The van der Waals surface area contributed by atoms with Gasteiger partial charge in [0, 0.05) is 60.5 Å². The van der Waals surface area contributed by atoms with Gasteiger partial charge in [-0.3, -0.25) is 9.97 Å². The van der Waals surface area contributed by atoms with Crippen LogP contribution < -0.4 is 0 Å². The number of pyridine rings is 2. The van der Waals surface area contributed by atoms with Crippen LogP contribution in [0.3, 0.4) is 0 Å². The van der Waals surface area contributed by atoms with Gasteiger partial charge in [-0.1, -0.05) is 50.2 Å². The Hall–Kier alpha value is -2.85. The zero-order valence-electron chi connectivity index (χ0n) is 21.7. The lowest BCUT2D eigenvalue weighted by molar-refractivity contribution is 0.209. The molecule has 1 saturated heterocycles. The van der Waals surface area contributed by atoms with Crippen LogP contribution in [0.15, 0.2) is 55.4 Å². The third-order valence-corrected chi connectivity index (χ3v) is 8.37. The Morgan fingerprint density at radius 1 is 1.08 bits per heavy atom. The van der Waals surface area contributed by atoms with Crippen LogP contribution in [0.4, 0.5) is 0 Å². The summed E-state index contributed by atoms with van der Waals surface area (Å²) in [6.07, 6.45) is 8.42. The quantitative estimate of drug-likeness (QED) is 0.344. The molecule has 0 amide bonds. The number of unbranched alkanes of at least 4 members (excludes halogenated alkanes) is 1. The van der Waals surface area contributed by atoms with E-state index in [1.54, 1.807) is 0 Å². The average Bonchev–Trinajstić information content (AvgIpc) is 2.91. The van der Waals surface area contributed by atoms with Gasteiger partial charge in [0.15, 0.2) is 0 Å². The van der Waals surface area contributed by atoms with Crippen LogP contribution in [0.2, 0.25) is 5.02 Å². The lowest BCUT2D eigenvalue weighted by Crippen LogP contribution is -2.44. The molecule has 3 aromatic rings. The molecule has 188 valence electrons. The van der Waals surface area contributed by atoms with Crippen molar-refractivity contribution in [1.82, 2.24) is 19.8 Å². The molecule has 3 heterocycles. The lowest BCUT2D eigenvalue weighted by Gasteiger charge is -2.39. The number of aromatic nitrogens is 2. The van der Waals surface area contributed by atoms with E-state index in [1.165, 1.54) is 29.7 Å². The van der Waals surface area contributed by atoms with Crippen molar-refractivity contribution in [1.29, 1.82) is 0 Å². The molecule has 1 aliphatic heterocycles. The number of fused-ring (bicyclic) bond motifs is 2. The molecule has 1 aromatic carbocycles. The van der Waals surface area contributed by atoms with Gasteiger partial charge >= 0.3 is 0 Å². The van der Waals surface area contributed by atoms with Crippen molar-refractivity contribution in [2.75, 3.05) is 26.2 Å². The summed E-state index contributed by atoms with van der Waals surface area (Å²) in [5.41, 5.74) is 9.21. The van der Waals surface area contributed by atoms with E-state index in [0.29, 0.717) is 5.92 Å². The van der Waals surface area contributed by atoms with Gasteiger partial charge in [-0.25, -0.2) is 0 Å². The van der Waals surface area contributed by atoms with E-state index in [2.05, 4.69) is 72.1 Å². The van der Waals surface area contributed by atoms with Gasteiger partial charge in [-0.2, -0.15) is 0 Å². The molecule has 2 aromatic heterocycles. The Labute approximate surface area is 220 Å². The Kier molecular flexibility index (Phi) is 7.34. The number of rotatable bonds is 7. The fourth-order valence-electron chi connectivity index (χ4n) is 5.69. The third kappa shape index (κ3) is 5.01. The minimum atomic E-state index is 0.460. The molecule has 0 radical (unpaired) electrons. The maximum absolute atomic E-state index is 6.94. The largest absolute Gasteiger partial charge is 0.372 e. The number of piperazine rings is 1. The Morgan fingerprint density at radius 2 is 1.86 bits per heavy atom. The molecular formula is C31H37ClN4. The molecule has 5 heteroatoms. The minimum absolute atomic E-state index is 0.460. The highest BCUT2D eigenvalue weighted by Gasteiger charge is 2.25. The maximum atomic E-state index is 6.94. The standard InChI is InChI=1S/C31H37ClN4/c1-5-6-7-22(3)35-14-16-36(17-15-35)23(4)24-8-10-27-29(19-24)34-30-20-25(9-11-28(30)31(27)32)26-12-13-33-21(2)18-26/h8,10,12-13,18-19,25H,3-7,9,11,14-17,20H2,1-2H3. The smallest absolute Gasteiger partial charge is 0.0727 e. The van der Waals surface area contributed by atoms with E-state index in [4.69, 9.17) is 16.6 Å². The van der Waals surface area contributed by atoms with Crippen LogP contribution in [0.25, 0.3) is 16.6 Å². The topological polar surface area (TPSA) is 32.3 Å². The monoisotopic (exact) mass is 500 g/mol. The van der Waals surface area contributed by atoms with Crippen LogP contribution in [0.1, 0.15) is 66.6 Å². The number of benzene rings is 1. The summed E-state index contributed by atoms with van der Waals surface area (Å²) in [6, 6.07) is 10.8. The zero-order chi connectivity index (χ0) is 25.2. The van der Waals surface area contributed by atoms with E-state index in [0.717, 1.165) is 90.4 Å². The van der Waals surface area contributed by atoms with E-state index < -0.39 is 0 Å². The van der Waals surface area contributed by atoms with Gasteiger partial charge in [-0.15, -0.1) is 0 Å². The average molecular weight is 501 g/mol. The van der Waals surface area contributed by atoms with Crippen LogP contribution >= 0.6 is 11.6 Å². The van der Waals surface area contributed by atoms with E-state index in [-0.39, 0.29) is 0 Å². The number of hydrogen-bond acceptors (Lipinski definition) is 4. The molecule has 0 bridgehead atoms. The van der Waals surface area contributed by atoms with E-state index in [1.807, 2.05) is 6.20 Å². The molecule has 0 spiro atoms. The number of halogens is 1. The van der Waals surface area contributed by atoms with Crippen LogP contribution in [0.5, 0.6) is 0 Å². The van der Waals surface area contributed by atoms with Gasteiger partial charge < -0.3 is 9.80 Å². The highest BCUT2D eigenvalue weighted by molar-refractivity contribution is 6.36. The summed E-state index contributed by atoms with van der Waals surface area (Å²) in [5.74, 6) is 0.460. The molecule has 0 N–H and O–H groups in total. The summed E-state index contributed by atoms with van der Waals surface area (Å²) < 4.78 is 0. The maximum Gasteiger partial charge on any atom is 0.0727 e. The van der Waals surface area contributed by atoms with Gasteiger partial charge in [0.2, 0.25) is 0 Å². The van der Waals surface area contributed by atoms with Gasteiger partial charge in [0.05, 0.1) is 10.5 Å². The second-order valence-electron chi connectivity index (χ2n) is 10.3. The summed E-state index contributed by atoms with van der Waals surface area (Å²) in [5, 5.41) is 1.91. The summed E-state index contributed by atoms with van der Waals surface area (Å²) in [4.78, 5) is 14.3. The van der Waals surface area contributed by atoms with E-state index >= 15 is 0 Å². The van der Waals surface area contributed by atoms with Gasteiger partial charge in [-0.05, 0) is 79.8 Å². The molecule has 1 unspecified atom stereocenters. The Balaban J connectivity index is 1.34. The van der Waals surface area contributed by atoms with Crippen molar-refractivity contribution in [3.8, 4) is 0 Å². The first-order valence-electron chi connectivity index (χ1n) is 13.3. The summed E-state index contributed by atoms with van der Waals surface area (Å²) in [6.45, 7) is 17.0. The van der Waals surface area contributed by atoms with Crippen molar-refractivity contribution >= 4 is 28.2 Å². The fourth-order valence-corrected chi connectivity index (χ4v) is 6.05. The van der Waals surface area contributed by atoms with Crippen LogP contribution in [0, 0.1) is 6.92 Å². The zero-order valence-corrected chi connectivity index (χ0v) is 22.4.